The molecule has 234 valence electrons. The Bertz CT molecular complexity index is 2830. The molecule has 50 heavy (non-hydrogen) atoms. The number of nitrogens with zero attached hydrogens (tertiary/aromatic N) is 3. The van der Waals surface area contributed by atoms with E-state index in [2.05, 4.69) is 146 Å². The third kappa shape index (κ3) is 4.95. The summed E-state index contributed by atoms with van der Waals surface area (Å²) in [6.45, 7) is 0. The molecule has 5 heteroatoms. The van der Waals surface area contributed by atoms with Gasteiger partial charge in [0.2, 0.25) is 0 Å². The molecule has 0 spiro atoms. The van der Waals surface area contributed by atoms with Gasteiger partial charge in [-0.1, -0.05) is 140 Å². The molecule has 3 aromatic heterocycles. The number of benzene rings is 7. The van der Waals surface area contributed by atoms with Gasteiger partial charge >= 0.3 is 0 Å². The molecule has 7 aromatic carbocycles. The van der Waals surface area contributed by atoms with Gasteiger partial charge in [0, 0.05) is 47.8 Å². The molecule has 4 nitrogen and oxygen atoms in total. The van der Waals surface area contributed by atoms with Gasteiger partial charge < -0.3 is 4.42 Å². The van der Waals surface area contributed by atoms with E-state index in [1.54, 1.807) is 11.3 Å². The lowest BCUT2D eigenvalue weighted by atomic mass is 9.97. The maximum Gasteiger partial charge on any atom is 0.164 e. The summed E-state index contributed by atoms with van der Waals surface area (Å²) in [4.78, 5) is 15.2. The van der Waals surface area contributed by atoms with Crippen LogP contribution in [0.15, 0.2) is 168 Å². The Morgan fingerprint density at radius 3 is 1.70 bits per heavy atom. The van der Waals surface area contributed by atoms with Crippen LogP contribution in [0, 0.1) is 0 Å². The highest BCUT2D eigenvalue weighted by atomic mass is 32.1. The molecule has 0 radical (unpaired) electrons. The average Bonchev–Trinajstić information content (AvgIpc) is 3.79. The molecule has 10 rings (SSSR count). The van der Waals surface area contributed by atoms with Crippen molar-refractivity contribution in [3.05, 3.63) is 164 Å². The molecule has 0 amide bonds. The van der Waals surface area contributed by atoms with E-state index >= 15 is 0 Å². The Morgan fingerprint density at radius 2 is 0.940 bits per heavy atom. The number of hydrogen-bond acceptors (Lipinski definition) is 5. The van der Waals surface area contributed by atoms with Gasteiger partial charge in [-0.2, -0.15) is 0 Å². The van der Waals surface area contributed by atoms with Gasteiger partial charge in [0.15, 0.2) is 17.5 Å². The predicted octanol–water partition coefficient (Wildman–Crippen LogP) is 12.5. The normalized spacial score (nSPS) is 11.6. The van der Waals surface area contributed by atoms with Crippen LogP contribution in [0.1, 0.15) is 0 Å². The van der Waals surface area contributed by atoms with Gasteiger partial charge in [-0.15, -0.1) is 11.3 Å². The molecule has 0 aliphatic heterocycles. The van der Waals surface area contributed by atoms with Crippen LogP contribution < -0.4 is 0 Å². The highest BCUT2D eigenvalue weighted by Crippen LogP contribution is 2.37. The second-order valence-corrected chi connectivity index (χ2v) is 13.5. The SMILES string of the molecule is c1ccc2oc(-c3ccc(-c4nc(-c5ccc(-c6cccc7ccccc67)cc5)nc(-c5ccc6c(c5)sc5ccccc56)n4)cc3)cc2c1. The number of thiophene rings is 1. The largest absolute Gasteiger partial charge is 0.456 e. The van der Waals surface area contributed by atoms with Crippen molar-refractivity contribution < 1.29 is 4.42 Å². The molecule has 10 aromatic rings. The second kappa shape index (κ2) is 11.6. The summed E-state index contributed by atoms with van der Waals surface area (Å²) in [5.74, 6) is 2.73. The topological polar surface area (TPSA) is 51.8 Å². The third-order valence-corrected chi connectivity index (χ3v) is 10.5. The van der Waals surface area contributed by atoms with Crippen LogP contribution in [0.5, 0.6) is 0 Å². The Labute approximate surface area is 292 Å². The molecule has 0 atom stereocenters. The first kappa shape index (κ1) is 28.6. The van der Waals surface area contributed by atoms with Crippen LogP contribution >= 0.6 is 11.3 Å². The number of aromatic nitrogens is 3. The summed E-state index contributed by atoms with van der Waals surface area (Å²) < 4.78 is 8.62. The van der Waals surface area contributed by atoms with E-state index in [0.717, 1.165) is 44.5 Å². The van der Waals surface area contributed by atoms with Crippen molar-refractivity contribution in [2.24, 2.45) is 0 Å². The zero-order valence-corrected chi connectivity index (χ0v) is 27.6. The minimum atomic E-state index is 0.621. The van der Waals surface area contributed by atoms with Crippen molar-refractivity contribution in [2.45, 2.75) is 0 Å². The first-order valence-electron chi connectivity index (χ1n) is 16.6. The molecular formula is C45H27N3OS. The van der Waals surface area contributed by atoms with Crippen LogP contribution in [0.3, 0.4) is 0 Å². The van der Waals surface area contributed by atoms with Crippen LogP contribution in [0.4, 0.5) is 0 Å². The van der Waals surface area contributed by atoms with Crippen molar-refractivity contribution in [1.82, 2.24) is 15.0 Å². The summed E-state index contributed by atoms with van der Waals surface area (Å²) >= 11 is 1.79. The second-order valence-electron chi connectivity index (χ2n) is 12.4. The summed E-state index contributed by atoms with van der Waals surface area (Å²) in [7, 11) is 0. The van der Waals surface area contributed by atoms with Crippen molar-refractivity contribution in [2.75, 3.05) is 0 Å². The minimum absolute atomic E-state index is 0.621. The zero-order chi connectivity index (χ0) is 33.0. The smallest absolute Gasteiger partial charge is 0.164 e. The zero-order valence-electron chi connectivity index (χ0n) is 26.7. The molecular weight excluding hydrogens is 631 g/mol. The van der Waals surface area contributed by atoms with Gasteiger partial charge in [0.25, 0.3) is 0 Å². The van der Waals surface area contributed by atoms with Crippen LogP contribution in [0.2, 0.25) is 0 Å². The molecule has 0 aliphatic carbocycles. The van der Waals surface area contributed by atoms with Gasteiger partial charge in [-0.3, -0.25) is 0 Å². The summed E-state index contributed by atoms with van der Waals surface area (Å²) in [5.41, 5.74) is 7.02. The van der Waals surface area contributed by atoms with E-state index < -0.39 is 0 Å². The fourth-order valence-electron chi connectivity index (χ4n) is 6.81. The first-order chi connectivity index (χ1) is 24.7. The monoisotopic (exact) mass is 657 g/mol. The lowest BCUT2D eigenvalue weighted by Crippen LogP contribution is -2.00. The number of furan rings is 1. The Hall–Kier alpha value is -6.43. The third-order valence-electron chi connectivity index (χ3n) is 9.37. The minimum Gasteiger partial charge on any atom is -0.456 e. The molecule has 3 heterocycles. The maximum atomic E-state index is 6.14. The van der Waals surface area contributed by atoms with E-state index in [1.807, 2.05) is 18.2 Å². The van der Waals surface area contributed by atoms with E-state index in [-0.39, 0.29) is 0 Å². The lowest BCUT2D eigenvalue weighted by Gasteiger charge is -2.10. The summed E-state index contributed by atoms with van der Waals surface area (Å²) in [5, 5.41) is 6.05. The van der Waals surface area contributed by atoms with Crippen molar-refractivity contribution >= 4 is 53.3 Å². The molecule has 0 unspecified atom stereocenters. The molecule has 0 N–H and O–H groups in total. The van der Waals surface area contributed by atoms with Gasteiger partial charge in [0.1, 0.15) is 11.3 Å². The average molecular weight is 658 g/mol. The fraction of sp³-hybridized carbons (Fsp3) is 0. The van der Waals surface area contributed by atoms with Crippen molar-refractivity contribution in [3.8, 4) is 56.6 Å². The van der Waals surface area contributed by atoms with Crippen molar-refractivity contribution in [1.29, 1.82) is 0 Å². The number of para-hydroxylation sites is 1. The standard InChI is InChI=1S/C45H27N3OS/c1-3-11-35-28(8-1)10-7-13-36(35)29-16-20-31(21-17-29)43-46-44(32-22-18-30(19-23-32)40-26-33-9-2-5-14-39(33)49-40)48-45(47-43)34-24-25-38-37-12-4-6-15-41(37)50-42(38)27-34/h1-27H. The van der Waals surface area contributed by atoms with Gasteiger partial charge in [0.05, 0.1) is 0 Å². The van der Waals surface area contributed by atoms with Crippen LogP contribution in [0.25, 0.3) is 98.5 Å². The lowest BCUT2D eigenvalue weighted by molar-refractivity contribution is 0.631. The highest BCUT2D eigenvalue weighted by molar-refractivity contribution is 7.25. The Morgan fingerprint density at radius 1 is 0.380 bits per heavy atom. The van der Waals surface area contributed by atoms with Gasteiger partial charge in [-0.25, -0.2) is 15.0 Å². The van der Waals surface area contributed by atoms with E-state index in [4.69, 9.17) is 19.4 Å². The quantitative estimate of drug-likeness (QED) is 0.185. The molecule has 0 aliphatic rings. The predicted molar refractivity (Wildman–Crippen MR) is 207 cm³/mol. The number of fused-ring (bicyclic) bond motifs is 5. The molecule has 0 saturated heterocycles. The maximum absolute atomic E-state index is 6.14. The first-order valence-corrected chi connectivity index (χ1v) is 17.4. The van der Waals surface area contributed by atoms with Crippen molar-refractivity contribution in [3.63, 3.8) is 0 Å². The summed E-state index contributed by atoms with van der Waals surface area (Å²) in [6, 6.07) is 57.0. The molecule has 0 saturated carbocycles. The van der Waals surface area contributed by atoms with E-state index in [1.165, 1.54) is 36.5 Å². The van der Waals surface area contributed by atoms with E-state index in [9.17, 15) is 0 Å². The molecule has 0 fully saturated rings. The van der Waals surface area contributed by atoms with Crippen LogP contribution in [-0.4, -0.2) is 15.0 Å². The Balaban J connectivity index is 1.08. The molecule has 0 bridgehead atoms. The summed E-state index contributed by atoms with van der Waals surface area (Å²) in [6.07, 6.45) is 0. The van der Waals surface area contributed by atoms with Gasteiger partial charge in [-0.05, 0) is 46.2 Å². The fourth-order valence-corrected chi connectivity index (χ4v) is 7.96. The Kier molecular flexibility index (Phi) is 6.64. The van der Waals surface area contributed by atoms with Crippen LogP contribution in [-0.2, 0) is 0 Å². The number of hydrogen-bond donors (Lipinski definition) is 0. The number of rotatable bonds is 5. The highest BCUT2D eigenvalue weighted by Gasteiger charge is 2.15. The van der Waals surface area contributed by atoms with E-state index in [0.29, 0.717) is 17.5 Å².